The van der Waals surface area contributed by atoms with Gasteiger partial charge < -0.3 is 10.0 Å². The van der Waals surface area contributed by atoms with E-state index >= 15 is 0 Å². The van der Waals surface area contributed by atoms with Crippen molar-refractivity contribution in [3.05, 3.63) is 35.4 Å². The van der Waals surface area contributed by atoms with Crippen LogP contribution in [0.5, 0.6) is 0 Å². The van der Waals surface area contributed by atoms with E-state index in [2.05, 4.69) is 11.8 Å². The number of benzene rings is 1. The molecule has 3 heteroatoms. The SMILES string of the molecule is CC1CCCN(Cc2cccc(C#CCO)c2)C1=O. The van der Waals surface area contributed by atoms with Crippen LogP contribution in [0.15, 0.2) is 24.3 Å². The highest BCUT2D eigenvalue weighted by atomic mass is 16.2. The minimum atomic E-state index is -0.133. The molecule has 1 aromatic carbocycles. The maximum absolute atomic E-state index is 12.1. The van der Waals surface area contributed by atoms with E-state index in [0.29, 0.717) is 6.54 Å². The van der Waals surface area contributed by atoms with Gasteiger partial charge in [-0.1, -0.05) is 30.9 Å². The van der Waals surface area contributed by atoms with Crippen LogP contribution in [-0.4, -0.2) is 29.1 Å². The molecule has 1 saturated heterocycles. The fraction of sp³-hybridized carbons (Fsp3) is 0.438. The van der Waals surface area contributed by atoms with Gasteiger partial charge in [-0.3, -0.25) is 4.79 Å². The first-order chi connectivity index (χ1) is 9.20. The molecular formula is C16H19NO2. The van der Waals surface area contributed by atoms with Crippen LogP contribution < -0.4 is 0 Å². The van der Waals surface area contributed by atoms with E-state index in [-0.39, 0.29) is 18.4 Å². The number of rotatable bonds is 2. The molecule has 0 bridgehead atoms. The van der Waals surface area contributed by atoms with E-state index in [4.69, 9.17) is 5.11 Å². The maximum Gasteiger partial charge on any atom is 0.225 e. The lowest BCUT2D eigenvalue weighted by Crippen LogP contribution is -2.39. The third kappa shape index (κ3) is 3.59. The minimum Gasteiger partial charge on any atom is -0.384 e. The summed E-state index contributed by atoms with van der Waals surface area (Å²) in [5.41, 5.74) is 1.97. The van der Waals surface area contributed by atoms with Crippen LogP contribution in [0.1, 0.15) is 30.9 Å². The average Bonchev–Trinajstić information content (AvgIpc) is 2.42. The van der Waals surface area contributed by atoms with Gasteiger partial charge in [0.25, 0.3) is 0 Å². The molecule has 0 spiro atoms. The topological polar surface area (TPSA) is 40.5 Å². The van der Waals surface area contributed by atoms with Crippen LogP contribution in [0.2, 0.25) is 0 Å². The minimum absolute atomic E-state index is 0.133. The Morgan fingerprint density at radius 1 is 1.47 bits per heavy atom. The molecule has 1 atom stereocenters. The van der Waals surface area contributed by atoms with Crippen LogP contribution >= 0.6 is 0 Å². The molecule has 2 rings (SSSR count). The summed E-state index contributed by atoms with van der Waals surface area (Å²) in [4.78, 5) is 14.0. The smallest absolute Gasteiger partial charge is 0.225 e. The molecule has 1 heterocycles. The number of carbonyl (C=O) groups is 1. The van der Waals surface area contributed by atoms with Crippen molar-refractivity contribution in [3.8, 4) is 11.8 Å². The number of likely N-dealkylation sites (tertiary alicyclic amines) is 1. The van der Waals surface area contributed by atoms with Crippen molar-refractivity contribution in [1.29, 1.82) is 0 Å². The van der Waals surface area contributed by atoms with Crippen LogP contribution in [0.3, 0.4) is 0 Å². The molecule has 1 amide bonds. The third-order valence-corrected chi connectivity index (χ3v) is 3.41. The van der Waals surface area contributed by atoms with Crippen molar-refractivity contribution >= 4 is 5.91 Å². The highest BCUT2D eigenvalue weighted by molar-refractivity contribution is 5.79. The summed E-state index contributed by atoms with van der Waals surface area (Å²) in [6.45, 7) is 3.36. The van der Waals surface area contributed by atoms with Crippen molar-refractivity contribution in [1.82, 2.24) is 4.90 Å². The Hall–Kier alpha value is -1.79. The molecule has 3 nitrogen and oxygen atoms in total. The summed E-state index contributed by atoms with van der Waals surface area (Å²) in [5, 5.41) is 8.70. The van der Waals surface area contributed by atoms with Gasteiger partial charge >= 0.3 is 0 Å². The number of carbonyl (C=O) groups excluding carboxylic acids is 1. The van der Waals surface area contributed by atoms with Crippen molar-refractivity contribution < 1.29 is 9.90 Å². The molecule has 0 aliphatic carbocycles. The number of amides is 1. The Kier molecular flexibility index (Phi) is 4.59. The Labute approximate surface area is 114 Å². The zero-order valence-electron chi connectivity index (χ0n) is 11.2. The largest absolute Gasteiger partial charge is 0.384 e. The van der Waals surface area contributed by atoms with E-state index in [1.54, 1.807) is 0 Å². The molecule has 1 fully saturated rings. The van der Waals surface area contributed by atoms with Gasteiger partial charge in [-0.2, -0.15) is 0 Å². The van der Waals surface area contributed by atoms with Crippen LogP contribution in [0.25, 0.3) is 0 Å². The van der Waals surface area contributed by atoms with Gasteiger partial charge in [0.15, 0.2) is 0 Å². The highest BCUT2D eigenvalue weighted by Gasteiger charge is 2.24. The maximum atomic E-state index is 12.1. The van der Waals surface area contributed by atoms with Crippen molar-refractivity contribution in [3.63, 3.8) is 0 Å². The Morgan fingerprint density at radius 3 is 3.11 bits per heavy atom. The Bertz CT molecular complexity index is 513. The second-order valence-electron chi connectivity index (χ2n) is 4.96. The first kappa shape index (κ1) is 13.6. The van der Waals surface area contributed by atoms with E-state index in [1.165, 1.54) is 0 Å². The monoisotopic (exact) mass is 257 g/mol. The van der Waals surface area contributed by atoms with Crippen LogP contribution in [-0.2, 0) is 11.3 Å². The standard InChI is InChI=1S/C16H19NO2/c1-13-5-3-9-17(16(13)19)12-15-7-2-6-14(11-15)8-4-10-18/h2,6-7,11,13,18H,3,5,9-10,12H2,1H3. The number of nitrogens with zero attached hydrogens (tertiary/aromatic N) is 1. The predicted molar refractivity (Wildman–Crippen MR) is 74.2 cm³/mol. The predicted octanol–water partition coefficient (Wildman–Crippen LogP) is 1.79. The lowest BCUT2D eigenvalue weighted by Gasteiger charge is -2.30. The van der Waals surface area contributed by atoms with Crippen LogP contribution in [0.4, 0.5) is 0 Å². The fourth-order valence-corrected chi connectivity index (χ4v) is 2.40. The molecule has 1 aliphatic rings. The molecular weight excluding hydrogens is 238 g/mol. The van der Waals surface area contributed by atoms with Crippen molar-refractivity contribution in [2.45, 2.75) is 26.3 Å². The second-order valence-corrected chi connectivity index (χ2v) is 4.96. The van der Waals surface area contributed by atoms with Gasteiger partial charge in [-0.25, -0.2) is 0 Å². The lowest BCUT2D eigenvalue weighted by molar-refractivity contribution is -0.138. The van der Waals surface area contributed by atoms with Crippen molar-refractivity contribution in [2.24, 2.45) is 5.92 Å². The highest BCUT2D eigenvalue weighted by Crippen LogP contribution is 2.19. The lowest BCUT2D eigenvalue weighted by atomic mass is 9.98. The summed E-state index contributed by atoms with van der Waals surface area (Å²) in [7, 11) is 0. The van der Waals surface area contributed by atoms with Gasteiger partial charge in [0.1, 0.15) is 6.61 Å². The van der Waals surface area contributed by atoms with E-state index in [1.807, 2.05) is 36.1 Å². The molecule has 0 aromatic heterocycles. The first-order valence-electron chi connectivity index (χ1n) is 6.68. The van der Waals surface area contributed by atoms with Gasteiger partial charge in [0.2, 0.25) is 5.91 Å². The quantitative estimate of drug-likeness (QED) is 0.821. The Morgan fingerprint density at radius 2 is 2.32 bits per heavy atom. The van der Waals surface area contributed by atoms with E-state index in [9.17, 15) is 4.79 Å². The summed E-state index contributed by atoms with van der Waals surface area (Å²) in [6.07, 6.45) is 2.08. The molecule has 1 unspecified atom stereocenters. The molecule has 100 valence electrons. The van der Waals surface area contributed by atoms with Gasteiger partial charge in [0.05, 0.1) is 0 Å². The first-order valence-corrected chi connectivity index (χ1v) is 6.68. The summed E-state index contributed by atoms with van der Waals surface area (Å²) >= 11 is 0. The number of hydrogen-bond acceptors (Lipinski definition) is 2. The zero-order chi connectivity index (χ0) is 13.7. The normalized spacial score (nSPS) is 18.9. The summed E-state index contributed by atoms with van der Waals surface area (Å²) in [5.74, 6) is 5.92. The number of hydrogen-bond donors (Lipinski definition) is 1. The number of piperidine rings is 1. The molecule has 1 aliphatic heterocycles. The zero-order valence-corrected chi connectivity index (χ0v) is 11.2. The number of aliphatic hydroxyl groups excluding tert-OH is 1. The molecule has 0 saturated carbocycles. The summed E-state index contributed by atoms with van der Waals surface area (Å²) in [6, 6.07) is 7.84. The molecule has 1 N–H and O–H groups in total. The van der Waals surface area contributed by atoms with Gasteiger partial charge in [0, 0.05) is 24.6 Å². The molecule has 0 radical (unpaired) electrons. The molecule has 19 heavy (non-hydrogen) atoms. The molecule has 1 aromatic rings. The second kappa shape index (κ2) is 6.40. The van der Waals surface area contributed by atoms with E-state index < -0.39 is 0 Å². The summed E-state index contributed by atoms with van der Waals surface area (Å²) < 4.78 is 0. The van der Waals surface area contributed by atoms with Gasteiger partial charge in [-0.05, 0) is 30.5 Å². The van der Waals surface area contributed by atoms with Crippen molar-refractivity contribution in [2.75, 3.05) is 13.2 Å². The van der Waals surface area contributed by atoms with Gasteiger partial charge in [-0.15, -0.1) is 0 Å². The number of aliphatic hydroxyl groups is 1. The fourth-order valence-electron chi connectivity index (χ4n) is 2.40. The average molecular weight is 257 g/mol. The third-order valence-electron chi connectivity index (χ3n) is 3.41. The Balaban J connectivity index is 2.08. The van der Waals surface area contributed by atoms with Crippen LogP contribution in [0, 0.1) is 17.8 Å². The van der Waals surface area contributed by atoms with E-state index in [0.717, 1.165) is 30.5 Å².